The van der Waals surface area contributed by atoms with E-state index in [2.05, 4.69) is 27.8 Å². The predicted octanol–water partition coefficient (Wildman–Crippen LogP) is 4.22. The molecular formula is C14H19BrFN. The van der Waals surface area contributed by atoms with Gasteiger partial charge in [0.15, 0.2) is 0 Å². The van der Waals surface area contributed by atoms with Gasteiger partial charge in [-0.2, -0.15) is 0 Å². The van der Waals surface area contributed by atoms with E-state index < -0.39 is 0 Å². The largest absolute Gasteiger partial charge is 0.369 e. The Hall–Kier alpha value is -0.570. The molecule has 1 aromatic rings. The van der Waals surface area contributed by atoms with Crippen LogP contribution in [0.15, 0.2) is 24.3 Å². The fourth-order valence-electron chi connectivity index (χ4n) is 2.49. The summed E-state index contributed by atoms with van der Waals surface area (Å²) >= 11 is 3.61. The molecule has 0 saturated heterocycles. The number of alkyl halides is 1. The van der Waals surface area contributed by atoms with E-state index in [-0.39, 0.29) is 5.82 Å². The molecule has 0 aromatic heterocycles. The molecule has 0 spiro atoms. The minimum Gasteiger partial charge on any atom is -0.369 e. The summed E-state index contributed by atoms with van der Waals surface area (Å²) in [6.07, 6.45) is 3.81. The van der Waals surface area contributed by atoms with Gasteiger partial charge in [-0.05, 0) is 37.3 Å². The molecule has 0 N–H and O–H groups in total. The van der Waals surface area contributed by atoms with E-state index >= 15 is 0 Å². The molecule has 1 nitrogen and oxygen atoms in total. The maximum absolute atomic E-state index is 13.8. The second-order valence-corrected chi connectivity index (χ2v) is 5.51. The van der Waals surface area contributed by atoms with Crippen LogP contribution in [0, 0.1) is 11.2 Å². The summed E-state index contributed by atoms with van der Waals surface area (Å²) in [5.74, 6) is -0.113. The Balaban J connectivity index is 2.14. The summed E-state index contributed by atoms with van der Waals surface area (Å²) in [7, 11) is 0. The smallest absolute Gasteiger partial charge is 0.146 e. The summed E-state index contributed by atoms with van der Waals surface area (Å²) in [5, 5.41) is 1.02. The monoisotopic (exact) mass is 299 g/mol. The quantitative estimate of drug-likeness (QED) is 0.736. The summed E-state index contributed by atoms with van der Waals surface area (Å²) in [6.45, 7) is 3.90. The molecule has 0 radical (unpaired) electrons. The Morgan fingerprint density at radius 2 is 2.06 bits per heavy atom. The Kier molecular flexibility index (Phi) is 4.08. The number of nitrogens with zero attached hydrogens (tertiary/aromatic N) is 1. The molecule has 1 aromatic carbocycles. The minimum absolute atomic E-state index is 0.113. The predicted molar refractivity (Wildman–Crippen MR) is 74.4 cm³/mol. The van der Waals surface area contributed by atoms with Gasteiger partial charge < -0.3 is 4.90 Å². The van der Waals surface area contributed by atoms with Crippen molar-refractivity contribution in [3.8, 4) is 0 Å². The Labute approximate surface area is 111 Å². The maximum Gasteiger partial charge on any atom is 0.146 e. The highest BCUT2D eigenvalue weighted by atomic mass is 79.9. The molecular weight excluding hydrogens is 281 g/mol. The van der Waals surface area contributed by atoms with Gasteiger partial charge in [0.05, 0.1) is 5.69 Å². The summed E-state index contributed by atoms with van der Waals surface area (Å²) in [5.41, 5.74) is 1.10. The van der Waals surface area contributed by atoms with E-state index in [1.807, 2.05) is 12.1 Å². The van der Waals surface area contributed by atoms with E-state index in [0.29, 0.717) is 5.41 Å². The van der Waals surface area contributed by atoms with Crippen LogP contribution >= 0.6 is 15.9 Å². The number of para-hydroxylation sites is 1. The van der Waals surface area contributed by atoms with Crippen molar-refractivity contribution in [1.29, 1.82) is 0 Å². The molecule has 1 saturated carbocycles. The lowest BCUT2D eigenvalue weighted by molar-refractivity contribution is 0.177. The average molecular weight is 300 g/mol. The topological polar surface area (TPSA) is 3.24 Å². The van der Waals surface area contributed by atoms with Crippen LogP contribution in [0.1, 0.15) is 26.2 Å². The van der Waals surface area contributed by atoms with Gasteiger partial charge in [0.2, 0.25) is 0 Å². The van der Waals surface area contributed by atoms with Crippen LogP contribution in [0.3, 0.4) is 0 Å². The zero-order valence-corrected chi connectivity index (χ0v) is 11.8. The van der Waals surface area contributed by atoms with Crippen LogP contribution < -0.4 is 4.90 Å². The molecule has 1 aliphatic rings. The first-order chi connectivity index (χ1) is 8.21. The molecule has 2 rings (SSSR count). The van der Waals surface area contributed by atoms with Gasteiger partial charge in [0.25, 0.3) is 0 Å². The van der Waals surface area contributed by atoms with Crippen LogP contribution in [-0.4, -0.2) is 18.4 Å². The van der Waals surface area contributed by atoms with Gasteiger partial charge in [0.1, 0.15) is 5.82 Å². The fourth-order valence-corrected chi connectivity index (χ4v) is 3.23. The van der Waals surface area contributed by atoms with E-state index in [1.165, 1.54) is 19.3 Å². The molecule has 3 heteroatoms. The van der Waals surface area contributed by atoms with E-state index in [4.69, 9.17) is 0 Å². The minimum atomic E-state index is -0.113. The van der Waals surface area contributed by atoms with Crippen LogP contribution in [0.4, 0.5) is 10.1 Å². The summed E-state index contributed by atoms with van der Waals surface area (Å²) in [4.78, 5) is 2.16. The highest BCUT2D eigenvalue weighted by molar-refractivity contribution is 9.09. The Morgan fingerprint density at radius 3 is 2.53 bits per heavy atom. The second-order valence-electron chi connectivity index (χ2n) is 4.95. The van der Waals surface area contributed by atoms with E-state index in [0.717, 1.165) is 24.1 Å². The van der Waals surface area contributed by atoms with E-state index in [9.17, 15) is 4.39 Å². The number of hydrogen-bond donors (Lipinski definition) is 0. The lowest BCUT2D eigenvalue weighted by Crippen LogP contribution is -2.44. The first-order valence-electron chi connectivity index (χ1n) is 6.26. The molecule has 17 heavy (non-hydrogen) atoms. The molecule has 94 valence electrons. The molecule has 1 fully saturated rings. The summed E-state index contributed by atoms with van der Waals surface area (Å²) in [6, 6.07) is 7.07. The first-order valence-corrected chi connectivity index (χ1v) is 7.38. The Morgan fingerprint density at radius 1 is 1.35 bits per heavy atom. The average Bonchev–Trinajstić information content (AvgIpc) is 2.30. The van der Waals surface area contributed by atoms with Crippen LogP contribution in [-0.2, 0) is 0 Å². The van der Waals surface area contributed by atoms with Gasteiger partial charge in [-0.25, -0.2) is 4.39 Å². The van der Waals surface area contributed by atoms with E-state index in [1.54, 1.807) is 12.1 Å². The van der Waals surface area contributed by atoms with Crippen LogP contribution in [0.2, 0.25) is 0 Å². The standard InChI is InChI=1S/C14H19BrFN/c1-2-17(11-14(10-15)8-5-9-14)13-7-4-3-6-12(13)16/h3-4,6-7H,2,5,8-11H2,1H3. The van der Waals surface area contributed by atoms with Crippen molar-refractivity contribution in [3.63, 3.8) is 0 Å². The van der Waals surface area contributed by atoms with Crippen molar-refractivity contribution in [2.45, 2.75) is 26.2 Å². The summed E-state index contributed by atoms with van der Waals surface area (Å²) < 4.78 is 13.8. The zero-order chi connectivity index (χ0) is 12.3. The van der Waals surface area contributed by atoms with Crippen molar-refractivity contribution >= 4 is 21.6 Å². The van der Waals surface area contributed by atoms with Gasteiger partial charge in [-0.3, -0.25) is 0 Å². The number of benzene rings is 1. The highest BCUT2D eigenvalue weighted by Gasteiger charge is 2.37. The molecule has 0 bridgehead atoms. The molecule has 0 unspecified atom stereocenters. The van der Waals surface area contributed by atoms with Crippen molar-refractivity contribution in [2.24, 2.45) is 5.41 Å². The third-order valence-electron chi connectivity index (χ3n) is 3.80. The maximum atomic E-state index is 13.8. The van der Waals surface area contributed by atoms with Crippen molar-refractivity contribution in [2.75, 3.05) is 23.3 Å². The number of hydrogen-bond acceptors (Lipinski definition) is 1. The SMILES string of the molecule is CCN(CC1(CBr)CCC1)c1ccccc1F. The molecule has 1 aliphatic carbocycles. The fraction of sp³-hybridized carbons (Fsp3) is 0.571. The van der Waals surface area contributed by atoms with Crippen molar-refractivity contribution < 1.29 is 4.39 Å². The van der Waals surface area contributed by atoms with Gasteiger partial charge in [0, 0.05) is 18.4 Å². The van der Waals surface area contributed by atoms with Crippen LogP contribution in [0.25, 0.3) is 0 Å². The molecule has 0 aliphatic heterocycles. The van der Waals surface area contributed by atoms with Crippen molar-refractivity contribution in [3.05, 3.63) is 30.1 Å². The number of rotatable bonds is 5. The van der Waals surface area contributed by atoms with Gasteiger partial charge >= 0.3 is 0 Å². The van der Waals surface area contributed by atoms with Crippen LogP contribution in [0.5, 0.6) is 0 Å². The molecule has 0 amide bonds. The lowest BCUT2D eigenvalue weighted by Gasteiger charge is -2.44. The van der Waals surface area contributed by atoms with Gasteiger partial charge in [-0.1, -0.05) is 34.5 Å². The normalized spacial score (nSPS) is 17.6. The molecule has 0 atom stereocenters. The van der Waals surface area contributed by atoms with Gasteiger partial charge in [-0.15, -0.1) is 0 Å². The highest BCUT2D eigenvalue weighted by Crippen LogP contribution is 2.43. The third-order valence-corrected chi connectivity index (χ3v) is 4.99. The number of halogens is 2. The molecule has 0 heterocycles. The van der Waals surface area contributed by atoms with Crippen molar-refractivity contribution in [1.82, 2.24) is 0 Å². The first kappa shape index (κ1) is 12.9. The lowest BCUT2D eigenvalue weighted by atomic mass is 9.70. The second kappa shape index (κ2) is 5.38. The zero-order valence-electron chi connectivity index (χ0n) is 10.3. The Bertz CT molecular complexity index is 371. The number of anilines is 1. The third kappa shape index (κ3) is 2.65.